The van der Waals surface area contributed by atoms with Gasteiger partial charge in [0.15, 0.2) is 0 Å². The zero-order chi connectivity index (χ0) is 24.2. The molecule has 1 atom stereocenters. The number of aromatic nitrogens is 3. The molecule has 4 aromatic rings. The molecular weight excluding hydrogens is 444 g/mol. The second-order valence-corrected chi connectivity index (χ2v) is 7.48. The largest absolute Gasteiger partial charge is 0.363 e. The Morgan fingerprint density at radius 2 is 1.68 bits per heavy atom. The molecule has 2 heterocycles. The number of rotatable bonds is 8. The first-order valence-corrected chi connectivity index (χ1v) is 10.3. The zero-order valence-electron chi connectivity index (χ0n) is 17.7. The van der Waals surface area contributed by atoms with Gasteiger partial charge in [0.05, 0.1) is 16.8 Å². The van der Waals surface area contributed by atoms with E-state index in [2.05, 4.69) is 15.4 Å². The Morgan fingerprint density at radius 1 is 0.971 bits per heavy atom. The van der Waals surface area contributed by atoms with E-state index in [1.54, 1.807) is 54.6 Å². The van der Waals surface area contributed by atoms with Crippen molar-refractivity contribution in [3.05, 3.63) is 84.1 Å². The van der Waals surface area contributed by atoms with Crippen LogP contribution in [0.5, 0.6) is 0 Å². The van der Waals surface area contributed by atoms with Crippen LogP contribution in [-0.4, -0.2) is 38.4 Å². The van der Waals surface area contributed by atoms with Gasteiger partial charge in [0, 0.05) is 18.0 Å². The lowest BCUT2D eigenvalue weighted by Gasteiger charge is -2.16. The number of hydrogen-bond donors (Lipinski definition) is 2. The van der Waals surface area contributed by atoms with Gasteiger partial charge in [-0.1, -0.05) is 54.6 Å². The average molecular weight is 463 g/mol. The number of Topliss-reactive ketones (excluding diaryl/α,β-unsaturated/α-hetero) is 1. The lowest BCUT2D eigenvalue weighted by atomic mass is 10.0. The monoisotopic (exact) mass is 463 g/mol. The number of para-hydroxylation sites is 1. The van der Waals surface area contributed by atoms with E-state index in [4.69, 9.17) is 5.73 Å². The van der Waals surface area contributed by atoms with E-state index in [0.717, 1.165) is 11.6 Å². The molecule has 0 aliphatic heterocycles. The standard InChI is InChI=1S/C24H19F2N5O3/c25-24(26)31-13-16(20(30-31)18-11-10-15-8-4-5-9-17(15)28-18)23(34)29-19(21(32)22(27)33)12-14-6-2-1-3-7-14/h1-11,13,19,24H,12H2,(H2,27,33)(H,29,34). The van der Waals surface area contributed by atoms with Gasteiger partial charge < -0.3 is 11.1 Å². The van der Waals surface area contributed by atoms with Crippen molar-refractivity contribution in [3.63, 3.8) is 0 Å². The summed E-state index contributed by atoms with van der Waals surface area (Å²) in [6.45, 7) is -3.01. The first kappa shape index (κ1) is 22.7. The highest BCUT2D eigenvalue weighted by Gasteiger charge is 2.29. The number of nitrogens with one attached hydrogen (secondary N) is 1. The smallest absolute Gasteiger partial charge is 0.333 e. The van der Waals surface area contributed by atoms with Gasteiger partial charge in [-0.25, -0.2) is 9.67 Å². The number of carbonyl (C=O) groups is 3. The number of carbonyl (C=O) groups excluding carboxylic acids is 3. The van der Waals surface area contributed by atoms with Crippen LogP contribution < -0.4 is 11.1 Å². The molecule has 8 nitrogen and oxygen atoms in total. The van der Waals surface area contributed by atoms with Crippen LogP contribution in [0, 0.1) is 0 Å². The van der Waals surface area contributed by atoms with E-state index in [0.29, 0.717) is 15.8 Å². The van der Waals surface area contributed by atoms with Gasteiger partial charge in [-0.2, -0.15) is 13.9 Å². The summed E-state index contributed by atoms with van der Waals surface area (Å²) in [6, 6.07) is 17.9. The van der Waals surface area contributed by atoms with Crippen LogP contribution in [-0.2, 0) is 16.0 Å². The Kier molecular flexibility index (Phi) is 6.39. The minimum atomic E-state index is -3.01. The maximum Gasteiger partial charge on any atom is 0.333 e. The lowest BCUT2D eigenvalue weighted by Crippen LogP contribution is -2.47. The first-order chi connectivity index (χ1) is 16.3. The normalized spacial score (nSPS) is 12.0. The molecule has 0 aliphatic rings. The van der Waals surface area contributed by atoms with Crippen LogP contribution in [0.3, 0.4) is 0 Å². The molecular formula is C24H19F2N5O3. The summed E-state index contributed by atoms with van der Waals surface area (Å²) in [7, 11) is 0. The fourth-order valence-electron chi connectivity index (χ4n) is 3.51. The lowest BCUT2D eigenvalue weighted by molar-refractivity contribution is -0.137. The molecule has 2 aromatic carbocycles. The van der Waals surface area contributed by atoms with Crippen molar-refractivity contribution in [1.29, 1.82) is 0 Å². The van der Waals surface area contributed by atoms with Crippen molar-refractivity contribution >= 4 is 28.5 Å². The second-order valence-electron chi connectivity index (χ2n) is 7.48. The number of fused-ring (bicyclic) bond motifs is 1. The fourth-order valence-corrected chi connectivity index (χ4v) is 3.51. The molecule has 0 radical (unpaired) electrons. The number of hydrogen-bond acceptors (Lipinski definition) is 5. The van der Waals surface area contributed by atoms with E-state index in [1.807, 2.05) is 12.1 Å². The summed E-state index contributed by atoms with van der Waals surface area (Å²) in [4.78, 5) is 41.5. The summed E-state index contributed by atoms with van der Waals surface area (Å²) < 4.78 is 27.2. The van der Waals surface area contributed by atoms with Crippen molar-refractivity contribution in [1.82, 2.24) is 20.1 Å². The minimum Gasteiger partial charge on any atom is -0.363 e. The van der Waals surface area contributed by atoms with Crippen LogP contribution in [0.15, 0.2) is 72.9 Å². The minimum absolute atomic E-state index is 0.0130. The molecule has 3 N–H and O–H groups in total. The highest BCUT2D eigenvalue weighted by atomic mass is 19.3. The highest BCUT2D eigenvalue weighted by Crippen LogP contribution is 2.25. The molecule has 1 unspecified atom stereocenters. The van der Waals surface area contributed by atoms with E-state index >= 15 is 0 Å². The zero-order valence-corrected chi connectivity index (χ0v) is 17.7. The predicted molar refractivity (Wildman–Crippen MR) is 120 cm³/mol. The molecule has 0 saturated heterocycles. The van der Waals surface area contributed by atoms with Crippen molar-refractivity contribution in [2.45, 2.75) is 19.0 Å². The first-order valence-electron chi connectivity index (χ1n) is 10.3. The topological polar surface area (TPSA) is 120 Å². The summed E-state index contributed by atoms with van der Waals surface area (Å²) in [6.07, 6.45) is 0.863. The Bertz CT molecular complexity index is 1370. The molecule has 2 amide bonds. The SMILES string of the molecule is NC(=O)C(=O)C(Cc1ccccc1)NC(=O)c1cn(C(F)F)nc1-c1ccc2ccccc2n1. The molecule has 0 spiro atoms. The maximum absolute atomic E-state index is 13.4. The van der Waals surface area contributed by atoms with Gasteiger partial charge in [0.1, 0.15) is 11.7 Å². The van der Waals surface area contributed by atoms with Gasteiger partial charge in [-0.3, -0.25) is 14.4 Å². The van der Waals surface area contributed by atoms with Gasteiger partial charge in [-0.05, 0) is 17.7 Å². The summed E-state index contributed by atoms with van der Waals surface area (Å²) in [5.74, 6) is -3.10. The van der Waals surface area contributed by atoms with Gasteiger partial charge >= 0.3 is 6.55 Å². The van der Waals surface area contributed by atoms with Gasteiger partial charge in [0.2, 0.25) is 5.78 Å². The number of pyridine rings is 1. The highest BCUT2D eigenvalue weighted by molar-refractivity contribution is 6.38. The van der Waals surface area contributed by atoms with Crippen molar-refractivity contribution in [3.8, 4) is 11.4 Å². The van der Waals surface area contributed by atoms with E-state index in [1.165, 1.54) is 0 Å². The predicted octanol–water partition coefficient (Wildman–Crippen LogP) is 2.89. The van der Waals surface area contributed by atoms with Crippen molar-refractivity contribution in [2.24, 2.45) is 5.73 Å². The van der Waals surface area contributed by atoms with Crippen molar-refractivity contribution in [2.75, 3.05) is 0 Å². The summed E-state index contributed by atoms with van der Waals surface area (Å²) in [5, 5.41) is 7.11. The van der Waals surface area contributed by atoms with Crippen LogP contribution in [0.4, 0.5) is 8.78 Å². The van der Waals surface area contributed by atoms with Crippen LogP contribution in [0.25, 0.3) is 22.3 Å². The molecule has 10 heteroatoms. The number of amides is 2. The van der Waals surface area contributed by atoms with Gasteiger partial charge in [0.25, 0.3) is 11.8 Å². The van der Waals surface area contributed by atoms with Crippen LogP contribution >= 0.6 is 0 Å². The number of alkyl halides is 2. The van der Waals surface area contributed by atoms with E-state index < -0.39 is 30.2 Å². The molecule has 0 aliphatic carbocycles. The number of nitrogens with zero attached hydrogens (tertiary/aromatic N) is 3. The number of primary amides is 1. The Balaban J connectivity index is 1.70. The third-order valence-electron chi connectivity index (χ3n) is 5.16. The van der Waals surface area contributed by atoms with E-state index in [-0.39, 0.29) is 23.4 Å². The molecule has 0 fully saturated rings. The number of ketones is 1. The average Bonchev–Trinajstić information content (AvgIpc) is 3.29. The number of benzene rings is 2. The summed E-state index contributed by atoms with van der Waals surface area (Å²) >= 11 is 0. The maximum atomic E-state index is 13.4. The quantitative estimate of drug-likeness (QED) is 0.390. The third kappa shape index (κ3) is 4.80. The van der Waals surface area contributed by atoms with E-state index in [9.17, 15) is 23.2 Å². The Labute approximate surface area is 192 Å². The molecule has 0 saturated carbocycles. The number of halogens is 2. The van der Waals surface area contributed by atoms with Crippen molar-refractivity contribution < 1.29 is 23.2 Å². The van der Waals surface area contributed by atoms with Crippen LogP contribution in [0.2, 0.25) is 0 Å². The Hall–Kier alpha value is -4.47. The molecule has 172 valence electrons. The molecule has 4 rings (SSSR count). The Morgan fingerprint density at radius 3 is 2.38 bits per heavy atom. The number of nitrogens with two attached hydrogens (primary N) is 1. The van der Waals surface area contributed by atoms with Crippen LogP contribution in [0.1, 0.15) is 22.5 Å². The second kappa shape index (κ2) is 9.57. The van der Waals surface area contributed by atoms with Gasteiger partial charge in [-0.15, -0.1) is 0 Å². The summed E-state index contributed by atoms with van der Waals surface area (Å²) in [5.41, 5.74) is 6.30. The molecule has 34 heavy (non-hydrogen) atoms. The molecule has 0 bridgehead atoms. The molecule has 2 aromatic heterocycles. The third-order valence-corrected chi connectivity index (χ3v) is 5.16. The fraction of sp³-hybridized carbons (Fsp3) is 0.125.